The average molecular weight is 1910 g/mol. The summed E-state index contributed by atoms with van der Waals surface area (Å²) >= 11 is 7.82. The van der Waals surface area contributed by atoms with Crippen molar-refractivity contribution in [3.8, 4) is 5.88 Å². The van der Waals surface area contributed by atoms with Crippen LogP contribution in [-0.4, -0.2) is 324 Å². The summed E-state index contributed by atoms with van der Waals surface area (Å²) in [6.45, 7) is 10.3. The molecule has 0 aliphatic carbocycles. The number of nitrogens with one attached hydrogen (secondary N) is 11. The van der Waals surface area contributed by atoms with E-state index in [0.29, 0.717) is 225 Å². The third-order valence-corrected chi connectivity index (χ3v) is 19.4. The minimum Gasteiger partial charge on any atom is -0.493 e. The Morgan fingerprint density at radius 3 is 1.53 bits per heavy atom. The van der Waals surface area contributed by atoms with E-state index in [1.54, 1.807) is 42.5 Å². The second-order valence-corrected chi connectivity index (χ2v) is 30.0. The van der Waals surface area contributed by atoms with Crippen LogP contribution in [0.25, 0.3) is 5.70 Å². The number of halogens is 1. The highest BCUT2D eigenvalue weighted by molar-refractivity contribution is 14.1. The number of carboxylic acid groups (broad SMARTS) is 5. The van der Waals surface area contributed by atoms with Gasteiger partial charge in [-0.05, 0) is 147 Å². The van der Waals surface area contributed by atoms with Gasteiger partial charge in [-0.1, -0.05) is 30.3 Å². The number of nitrogens with zero attached hydrogens (tertiary/aromatic N) is 5. The number of unbranched alkanes of at least 4 members (excludes halogenated alkanes) is 3. The lowest BCUT2D eigenvalue weighted by molar-refractivity contribution is -0.142. The lowest BCUT2D eigenvalue weighted by Gasteiger charge is -2.23. The Hall–Kier alpha value is -10.1. The van der Waals surface area contributed by atoms with Crippen molar-refractivity contribution in [3.63, 3.8) is 0 Å². The number of carbonyl (C=O) groups is 10. The molecule has 7 amide bonds. The summed E-state index contributed by atoms with van der Waals surface area (Å²) in [4.78, 5) is 135. The molecule has 2 aromatic heterocycles. The third-order valence-electron chi connectivity index (χ3n) is 18.4. The normalized spacial score (nSPS) is 14.4. The molecule has 0 saturated carbocycles. The Morgan fingerprint density at radius 1 is 0.492 bits per heavy atom. The summed E-state index contributed by atoms with van der Waals surface area (Å²) in [6.07, 6.45) is 3.20. The molecule has 0 radical (unpaired) electrons. The van der Waals surface area contributed by atoms with Gasteiger partial charge in [0.25, 0.3) is 0 Å². The van der Waals surface area contributed by atoms with Crippen LogP contribution in [-0.2, 0) is 100 Å². The number of benzene rings is 2. The van der Waals surface area contributed by atoms with Crippen molar-refractivity contribution in [2.75, 3.05) is 195 Å². The molecule has 3 heterocycles. The zero-order valence-electron chi connectivity index (χ0n) is 70.7. The van der Waals surface area contributed by atoms with Gasteiger partial charge in [0.15, 0.2) is 5.11 Å². The van der Waals surface area contributed by atoms with E-state index in [-0.39, 0.29) is 99.8 Å². The number of urea groups is 2. The van der Waals surface area contributed by atoms with Crippen molar-refractivity contribution in [2.45, 2.75) is 121 Å². The maximum Gasteiger partial charge on any atom is 0.354 e. The first-order valence-electron chi connectivity index (χ1n) is 41.6. The number of thiocarbonyl (C=S) groups is 1. The number of anilines is 2. The van der Waals surface area contributed by atoms with Crippen molar-refractivity contribution >= 4 is 117 Å². The molecule has 42 nitrogen and oxygen atoms in total. The third kappa shape index (κ3) is 50.3. The monoisotopic (exact) mass is 1900 g/mol. The quantitative estimate of drug-likeness (QED) is 0.0126. The number of aromatic hydroxyl groups is 1. The van der Waals surface area contributed by atoms with E-state index in [9.17, 15) is 73.5 Å². The molecule has 1 aliphatic heterocycles. The lowest BCUT2D eigenvalue weighted by Crippen LogP contribution is -2.51. The van der Waals surface area contributed by atoms with Crippen molar-refractivity contribution in [1.82, 2.24) is 62.3 Å². The van der Waals surface area contributed by atoms with Gasteiger partial charge in [0.1, 0.15) is 35.6 Å². The molecule has 17 N–H and O–H groups in total. The van der Waals surface area contributed by atoms with Gasteiger partial charge in [-0.15, -0.1) is 0 Å². The molecule has 1 saturated heterocycles. The average Bonchev–Trinajstić information content (AvgIpc) is 0.868. The Labute approximate surface area is 750 Å². The Bertz CT molecular complexity index is 3960. The minimum atomic E-state index is -1.54. The van der Waals surface area contributed by atoms with Crippen LogP contribution in [0, 0.1) is 9.10 Å². The van der Waals surface area contributed by atoms with Crippen LogP contribution >= 0.6 is 34.8 Å². The molecule has 4 atom stereocenters. The Balaban J connectivity index is 0.929. The van der Waals surface area contributed by atoms with Crippen molar-refractivity contribution in [1.29, 1.82) is 5.53 Å². The first-order chi connectivity index (χ1) is 60.9. The zero-order valence-corrected chi connectivity index (χ0v) is 73.6. The number of amides is 7. The number of aromatic nitrogens is 2. The number of carbonyl (C=O) groups excluding carboxylic acids is 5. The number of hydrogen-bond acceptors (Lipinski definition) is 29. The summed E-state index contributed by atoms with van der Waals surface area (Å²) in [6, 6.07) is 15.4. The molecule has 44 heteroatoms. The fourth-order valence-corrected chi connectivity index (χ4v) is 12.5. The Kier molecular flexibility index (Phi) is 55.3. The van der Waals surface area contributed by atoms with Crippen LogP contribution in [0.15, 0.2) is 90.2 Å². The van der Waals surface area contributed by atoms with Crippen LogP contribution in [0.2, 0.25) is 0 Å². The van der Waals surface area contributed by atoms with E-state index in [0.717, 1.165) is 9.13 Å². The van der Waals surface area contributed by atoms with Gasteiger partial charge in [-0.2, -0.15) is 5.11 Å². The second-order valence-electron chi connectivity index (χ2n) is 28.4. The van der Waals surface area contributed by atoms with Crippen molar-refractivity contribution in [2.24, 2.45) is 5.11 Å². The van der Waals surface area contributed by atoms with E-state index in [4.69, 9.17) is 70.2 Å². The summed E-state index contributed by atoms with van der Waals surface area (Å²) < 4.78 is 58.3. The van der Waals surface area contributed by atoms with Crippen LogP contribution < -0.4 is 53.2 Å². The highest BCUT2D eigenvalue weighted by Gasteiger charge is 2.28. The molecule has 2 aromatic carbocycles. The number of ether oxygens (including phenoxy) is 10. The smallest absolute Gasteiger partial charge is 0.354 e. The molecule has 126 heavy (non-hydrogen) atoms. The van der Waals surface area contributed by atoms with Crippen LogP contribution in [0.4, 0.5) is 21.0 Å². The standard InChI is InChI=1S/C82H121IN16O26S/c83-60-18-16-58(17-19-60)51-72(101)86-23-4-2-13-67(77(108)109)94-75(105)65(12-1-6-25-88-82(126)92-63-53-64(90-73(102)54-63)57-99-29-35-120-41-39-118-33-27-98(28-34-119-40-42-121-36-30-99)56-62-11-8-15-66(89-62)76(106)107)93-71(100)22-31-116-37-43-122-45-47-124-49-50-125-48-46-123-44-38-117-32-26-85-55-70(97-84)59-9-7-10-61(52-59)91-80(114)87-24-5-3-14-68(78(110)111)95-81(115)96-69(79(112)113)20-21-74(103)104/h7-11,15-19,52-55,65,67-69,84-85H,1-6,12-14,20-51,56-57H2,(H,86,101)(H,93,100)(H,94,105)(H,103,104)(H,106,107)(H,108,109)(H,110,111)(H,112,113)(H2,87,91,114)(H2,95,96,115)(H3,88,90,92,102,126)/b70-55-,97-84?/t65-,67-,68-,69-/m0/s1. The van der Waals surface area contributed by atoms with Crippen molar-refractivity contribution < 1.29 is 126 Å². The summed E-state index contributed by atoms with van der Waals surface area (Å²) in [5.41, 5.74) is 11.4. The molecular formula is C82H121IN16O26S. The SMILES string of the molecule is N=N/C(=C\NCCOCCOCCOCCOCCOCCOCCC(=O)N[C@@H](CCCCNC(=S)Nc1cc(O)nc(CN2CCOCCOCCN(Cc3cccc(C(=O)O)n3)CCOCCOCC2)c1)C(=O)N[C@@H](CCCCNC(=O)Cc1ccc(I)cc1)C(=O)O)c1cccc(NC(=O)NCCCC[C@H](NC(=O)N[C@@H](CCC(=O)O)C(=O)O)C(=O)O)c1. The number of aromatic carboxylic acids is 1. The number of hydrogen-bond donors (Lipinski definition) is 17. The van der Waals surface area contributed by atoms with Crippen LogP contribution in [0.1, 0.15) is 110 Å². The topological polar surface area (TPSA) is 573 Å². The highest BCUT2D eigenvalue weighted by atomic mass is 127. The number of aliphatic carboxylic acids is 4. The van der Waals surface area contributed by atoms with Gasteiger partial charge in [0.2, 0.25) is 23.6 Å². The predicted octanol–water partition coefficient (Wildman–Crippen LogP) is 4.38. The zero-order chi connectivity index (χ0) is 91.2. The molecule has 4 aromatic rings. The highest BCUT2D eigenvalue weighted by Crippen LogP contribution is 2.21. The molecule has 698 valence electrons. The number of carboxylic acids is 5. The van der Waals surface area contributed by atoms with Gasteiger partial charge >= 0.3 is 41.9 Å². The summed E-state index contributed by atoms with van der Waals surface area (Å²) in [7, 11) is 0. The maximum absolute atomic E-state index is 13.9. The first-order valence-corrected chi connectivity index (χ1v) is 43.1. The lowest BCUT2D eigenvalue weighted by atomic mass is 10.1. The molecule has 5 rings (SSSR count). The van der Waals surface area contributed by atoms with Gasteiger partial charge in [-0.25, -0.2) is 44.3 Å². The molecule has 0 unspecified atom stereocenters. The van der Waals surface area contributed by atoms with Crippen LogP contribution in [0.5, 0.6) is 5.88 Å². The van der Waals surface area contributed by atoms with E-state index >= 15 is 0 Å². The van der Waals surface area contributed by atoms with Crippen molar-refractivity contribution in [3.05, 3.63) is 117 Å². The molecule has 0 bridgehead atoms. The first kappa shape index (κ1) is 106. The predicted molar refractivity (Wildman–Crippen MR) is 470 cm³/mol. The summed E-state index contributed by atoms with van der Waals surface area (Å²) in [5.74, 6) is -8.01. The Morgan fingerprint density at radius 2 is 0.992 bits per heavy atom. The molecule has 1 aliphatic rings. The number of pyridine rings is 2. The summed E-state index contributed by atoms with van der Waals surface area (Å²) in [5, 5.41) is 88.8. The molecule has 1 fully saturated rings. The van der Waals surface area contributed by atoms with E-state index < -0.39 is 90.7 Å². The molecule has 0 spiro atoms. The van der Waals surface area contributed by atoms with E-state index in [2.05, 4.69) is 101 Å². The second kappa shape index (κ2) is 65.5. The van der Waals surface area contributed by atoms with Gasteiger partial charge < -0.3 is 131 Å². The fraction of sp³-hybridized carbons (Fsp3) is 0.573. The number of rotatable bonds is 59. The van der Waals surface area contributed by atoms with E-state index in [1.165, 1.54) is 18.3 Å². The minimum absolute atomic E-state index is 0.00810. The van der Waals surface area contributed by atoms with Gasteiger partial charge in [0.05, 0.1) is 150 Å². The maximum atomic E-state index is 13.9. The molecular weight excluding hydrogens is 1780 g/mol. The fourth-order valence-electron chi connectivity index (χ4n) is 11.9. The van der Waals surface area contributed by atoms with Gasteiger partial charge in [-0.3, -0.25) is 29.0 Å². The van der Waals surface area contributed by atoms with Crippen LogP contribution in [0.3, 0.4) is 0 Å². The largest absolute Gasteiger partial charge is 0.493 e. The van der Waals surface area contributed by atoms with Gasteiger partial charge in [0, 0.05) is 111 Å². The van der Waals surface area contributed by atoms with E-state index in [1.807, 2.05) is 24.3 Å².